The number of rotatable bonds is 5. The smallest absolute Gasteiger partial charge is 0.152 e. The molecule has 0 atom stereocenters. The van der Waals surface area contributed by atoms with Crippen LogP contribution in [0, 0.1) is 6.07 Å². The highest BCUT2D eigenvalue weighted by atomic mass is 35.5. The van der Waals surface area contributed by atoms with Gasteiger partial charge in [-0.1, -0.05) is 41.4 Å². The molecule has 1 heterocycles. The second-order valence-corrected chi connectivity index (χ2v) is 8.17. The van der Waals surface area contributed by atoms with Crippen molar-refractivity contribution in [2.24, 2.45) is 0 Å². The third kappa shape index (κ3) is 4.36. The summed E-state index contributed by atoms with van der Waals surface area (Å²) in [7, 11) is 4.10. The molecule has 0 aliphatic rings. The Morgan fingerprint density at radius 3 is 2.33 bits per heavy atom. The first kappa shape index (κ1) is 20.5. The number of aromatic nitrogens is 1. The van der Waals surface area contributed by atoms with E-state index in [1.807, 2.05) is 18.2 Å². The molecule has 0 bridgehead atoms. The topological polar surface area (TPSA) is 48.4 Å². The maximum atomic E-state index is 9.83. The van der Waals surface area contributed by atoms with E-state index in [1.165, 1.54) is 5.56 Å². The fraction of sp³-hybridized carbons (Fsp3) is 0.125. The number of aromatic hydroxyl groups is 1. The third-order valence-corrected chi connectivity index (χ3v) is 5.33. The van der Waals surface area contributed by atoms with Gasteiger partial charge in [0.25, 0.3) is 0 Å². The number of nitrogens with zero attached hydrogens (tertiary/aromatic N) is 2. The average molecular weight is 437 g/mol. The van der Waals surface area contributed by atoms with Crippen molar-refractivity contribution in [1.82, 2.24) is 9.88 Å². The predicted octanol–water partition coefficient (Wildman–Crippen LogP) is 6.52. The van der Waals surface area contributed by atoms with Crippen molar-refractivity contribution in [3.8, 4) is 16.9 Å². The molecule has 0 aliphatic carbocycles. The quantitative estimate of drug-likeness (QED) is 0.373. The van der Waals surface area contributed by atoms with E-state index in [0.29, 0.717) is 0 Å². The van der Waals surface area contributed by atoms with Gasteiger partial charge in [-0.2, -0.15) is 0 Å². The standard InChI is InChI=1S/C24H20Cl2N3O/c1-29(2)14-15-3-6-18(7-4-15)28-23-9-10-27-22-8-5-16(11-19(22)23)17-12-20(25)24(30)21(26)13-17/h3-8,10-13,30H,14H2,1-2H3,(H,27,28). The van der Waals surface area contributed by atoms with E-state index >= 15 is 0 Å². The highest BCUT2D eigenvalue weighted by Gasteiger charge is 2.10. The minimum absolute atomic E-state index is 0.113. The molecule has 4 rings (SSSR count). The molecule has 0 amide bonds. The first-order valence-corrected chi connectivity index (χ1v) is 10.2. The Hall–Kier alpha value is -2.79. The summed E-state index contributed by atoms with van der Waals surface area (Å²) < 4.78 is 0. The van der Waals surface area contributed by atoms with Gasteiger partial charge < -0.3 is 15.3 Å². The van der Waals surface area contributed by atoms with Crippen molar-refractivity contribution >= 4 is 45.5 Å². The SMILES string of the molecule is CN(C)Cc1ccc(Nc2[c]cnc3ccc(-c4cc(Cl)c(O)c(Cl)c4)cc23)cc1. The summed E-state index contributed by atoms with van der Waals surface area (Å²) >= 11 is 12.2. The lowest BCUT2D eigenvalue weighted by atomic mass is 10.0. The highest BCUT2D eigenvalue weighted by Crippen LogP contribution is 2.37. The van der Waals surface area contributed by atoms with E-state index in [0.717, 1.165) is 39.9 Å². The molecule has 4 nitrogen and oxygen atoms in total. The molecule has 6 heteroatoms. The van der Waals surface area contributed by atoms with E-state index < -0.39 is 0 Å². The Bertz CT molecular complexity index is 1180. The van der Waals surface area contributed by atoms with Crippen LogP contribution in [0.1, 0.15) is 5.56 Å². The normalized spacial score (nSPS) is 11.2. The minimum Gasteiger partial charge on any atom is -0.505 e. The van der Waals surface area contributed by atoms with Gasteiger partial charge in [0.1, 0.15) is 0 Å². The van der Waals surface area contributed by atoms with Gasteiger partial charge in [-0.3, -0.25) is 4.98 Å². The van der Waals surface area contributed by atoms with Crippen LogP contribution >= 0.6 is 23.2 Å². The lowest BCUT2D eigenvalue weighted by Gasteiger charge is -2.13. The first-order chi connectivity index (χ1) is 14.4. The molecular formula is C24H20Cl2N3O. The van der Waals surface area contributed by atoms with Crippen molar-refractivity contribution in [3.05, 3.63) is 82.5 Å². The van der Waals surface area contributed by atoms with Crippen molar-refractivity contribution in [2.75, 3.05) is 19.4 Å². The summed E-state index contributed by atoms with van der Waals surface area (Å²) in [6.07, 6.45) is 1.67. The average Bonchev–Trinajstić information content (AvgIpc) is 2.72. The number of hydrogen-bond donors (Lipinski definition) is 2. The molecule has 1 radical (unpaired) electrons. The number of fused-ring (bicyclic) bond motifs is 1. The zero-order valence-corrected chi connectivity index (χ0v) is 18.1. The van der Waals surface area contributed by atoms with Crippen molar-refractivity contribution in [3.63, 3.8) is 0 Å². The summed E-state index contributed by atoms with van der Waals surface area (Å²) in [6, 6.07) is 20.8. The molecule has 4 aromatic rings. The molecule has 2 N–H and O–H groups in total. The van der Waals surface area contributed by atoms with Gasteiger partial charge in [0.15, 0.2) is 5.75 Å². The van der Waals surface area contributed by atoms with Crippen LogP contribution in [0.2, 0.25) is 10.0 Å². The van der Waals surface area contributed by atoms with Crippen LogP contribution in [0.25, 0.3) is 22.0 Å². The number of phenolic OH excluding ortho intramolecular Hbond substituents is 1. The number of benzene rings is 3. The molecule has 0 unspecified atom stereocenters. The highest BCUT2D eigenvalue weighted by molar-refractivity contribution is 6.37. The Morgan fingerprint density at radius 2 is 1.67 bits per heavy atom. The molecule has 1 aromatic heterocycles. The zero-order chi connectivity index (χ0) is 21.3. The second-order valence-electron chi connectivity index (χ2n) is 7.36. The Morgan fingerprint density at radius 1 is 0.967 bits per heavy atom. The zero-order valence-electron chi connectivity index (χ0n) is 16.6. The number of halogens is 2. The van der Waals surface area contributed by atoms with Crippen LogP contribution < -0.4 is 5.32 Å². The van der Waals surface area contributed by atoms with Gasteiger partial charge >= 0.3 is 0 Å². The van der Waals surface area contributed by atoms with Crippen molar-refractivity contribution < 1.29 is 5.11 Å². The van der Waals surface area contributed by atoms with Gasteiger partial charge in [-0.05, 0) is 67.2 Å². The molecule has 151 valence electrons. The van der Waals surface area contributed by atoms with Gasteiger partial charge in [-0.15, -0.1) is 0 Å². The van der Waals surface area contributed by atoms with Gasteiger partial charge in [-0.25, -0.2) is 0 Å². The fourth-order valence-corrected chi connectivity index (χ4v) is 3.80. The summed E-state index contributed by atoms with van der Waals surface area (Å²) in [6.45, 7) is 0.895. The second kappa shape index (κ2) is 8.52. The van der Waals surface area contributed by atoms with Crippen LogP contribution in [0.4, 0.5) is 11.4 Å². The number of pyridine rings is 1. The number of nitrogens with one attached hydrogen (secondary N) is 1. The Kier molecular flexibility index (Phi) is 5.82. The van der Waals surface area contributed by atoms with E-state index in [4.69, 9.17) is 23.2 Å². The first-order valence-electron chi connectivity index (χ1n) is 9.40. The number of phenols is 1. The molecule has 0 aliphatic heterocycles. The van der Waals surface area contributed by atoms with Gasteiger partial charge in [0.2, 0.25) is 0 Å². The van der Waals surface area contributed by atoms with Crippen LogP contribution in [-0.4, -0.2) is 29.1 Å². The lowest BCUT2D eigenvalue weighted by Crippen LogP contribution is -2.10. The molecule has 30 heavy (non-hydrogen) atoms. The van der Waals surface area contributed by atoms with Gasteiger partial charge in [0, 0.05) is 29.9 Å². The van der Waals surface area contributed by atoms with E-state index in [9.17, 15) is 5.11 Å². The Labute approximate surface area is 185 Å². The van der Waals surface area contributed by atoms with E-state index in [-0.39, 0.29) is 15.8 Å². The van der Waals surface area contributed by atoms with Crippen molar-refractivity contribution in [2.45, 2.75) is 6.54 Å². The maximum absolute atomic E-state index is 9.83. The van der Waals surface area contributed by atoms with Crippen LogP contribution in [0.5, 0.6) is 5.75 Å². The van der Waals surface area contributed by atoms with E-state index in [2.05, 4.69) is 59.6 Å². The molecule has 0 saturated carbocycles. The number of hydrogen-bond acceptors (Lipinski definition) is 4. The van der Waals surface area contributed by atoms with Crippen molar-refractivity contribution in [1.29, 1.82) is 0 Å². The monoisotopic (exact) mass is 436 g/mol. The number of anilines is 2. The maximum Gasteiger partial charge on any atom is 0.152 e. The molecule has 3 aromatic carbocycles. The summed E-state index contributed by atoms with van der Waals surface area (Å²) in [5.41, 5.74) is 5.63. The third-order valence-electron chi connectivity index (χ3n) is 4.75. The van der Waals surface area contributed by atoms with E-state index in [1.54, 1.807) is 18.3 Å². The molecule has 0 saturated heterocycles. The lowest BCUT2D eigenvalue weighted by molar-refractivity contribution is 0.402. The van der Waals surface area contributed by atoms with Crippen LogP contribution in [0.3, 0.4) is 0 Å². The van der Waals surface area contributed by atoms with Crippen LogP contribution in [-0.2, 0) is 6.54 Å². The van der Waals surface area contributed by atoms with Gasteiger partial charge in [0.05, 0.1) is 21.2 Å². The molecular weight excluding hydrogens is 417 g/mol. The fourth-order valence-electron chi connectivity index (χ4n) is 3.31. The summed E-state index contributed by atoms with van der Waals surface area (Å²) in [5, 5.41) is 14.6. The minimum atomic E-state index is -0.113. The molecule has 0 fully saturated rings. The largest absolute Gasteiger partial charge is 0.505 e. The summed E-state index contributed by atoms with van der Waals surface area (Å²) in [4.78, 5) is 6.56. The molecule has 0 spiro atoms. The Balaban J connectivity index is 1.70. The summed E-state index contributed by atoms with van der Waals surface area (Å²) in [5.74, 6) is -0.113. The predicted molar refractivity (Wildman–Crippen MR) is 125 cm³/mol. The van der Waals surface area contributed by atoms with Crippen LogP contribution in [0.15, 0.2) is 60.8 Å².